The highest BCUT2D eigenvalue weighted by atomic mass is 16.3. The van der Waals surface area contributed by atoms with Gasteiger partial charge in [0.05, 0.1) is 6.61 Å². The Morgan fingerprint density at radius 1 is 1.24 bits per heavy atom. The molecule has 0 saturated carbocycles. The van der Waals surface area contributed by atoms with Crippen molar-refractivity contribution in [3.63, 3.8) is 0 Å². The van der Waals surface area contributed by atoms with Crippen LogP contribution in [0.1, 0.15) is 32.5 Å². The van der Waals surface area contributed by atoms with Crippen LogP contribution in [0.4, 0.5) is 5.69 Å². The Balaban J connectivity index is 2.21. The molecule has 1 aromatic carbocycles. The first-order chi connectivity index (χ1) is 10.1. The summed E-state index contributed by atoms with van der Waals surface area (Å²) in [5.41, 5.74) is 1.89. The fourth-order valence-electron chi connectivity index (χ4n) is 2.36. The zero-order chi connectivity index (χ0) is 15.3. The van der Waals surface area contributed by atoms with Gasteiger partial charge in [-0.25, -0.2) is 4.98 Å². The number of nitrogens with one attached hydrogen (secondary N) is 2. The zero-order valence-corrected chi connectivity index (χ0v) is 13.0. The Bertz CT molecular complexity index is 567. The number of H-pyrrole nitrogens is 1. The van der Waals surface area contributed by atoms with Gasteiger partial charge in [0, 0.05) is 23.2 Å². The molecule has 0 spiro atoms. The van der Waals surface area contributed by atoms with Crippen LogP contribution < -0.4 is 5.32 Å². The number of anilines is 1. The highest BCUT2D eigenvalue weighted by Gasteiger charge is 2.25. The molecule has 0 fully saturated rings. The SMILES string of the molecule is CCC(CC)(CO)CNc1ccccc1-c1n[nH]c(C)n1. The van der Waals surface area contributed by atoms with Gasteiger partial charge in [0.2, 0.25) is 0 Å². The maximum Gasteiger partial charge on any atom is 0.183 e. The predicted molar refractivity (Wildman–Crippen MR) is 85.1 cm³/mol. The highest BCUT2D eigenvalue weighted by Crippen LogP contribution is 2.29. The van der Waals surface area contributed by atoms with E-state index >= 15 is 0 Å². The lowest BCUT2D eigenvalue weighted by molar-refractivity contribution is 0.127. The minimum atomic E-state index is -0.0813. The van der Waals surface area contributed by atoms with Crippen molar-refractivity contribution in [2.75, 3.05) is 18.5 Å². The van der Waals surface area contributed by atoms with Crippen molar-refractivity contribution >= 4 is 5.69 Å². The fraction of sp³-hybridized carbons (Fsp3) is 0.500. The van der Waals surface area contributed by atoms with Crippen molar-refractivity contribution in [1.82, 2.24) is 15.2 Å². The van der Waals surface area contributed by atoms with Crippen LogP contribution in [0.15, 0.2) is 24.3 Å². The maximum absolute atomic E-state index is 9.67. The first-order valence-corrected chi connectivity index (χ1v) is 7.47. The van der Waals surface area contributed by atoms with Gasteiger partial charge in [0.25, 0.3) is 0 Å². The molecule has 0 atom stereocenters. The van der Waals surface area contributed by atoms with Crippen LogP contribution in [0.3, 0.4) is 0 Å². The van der Waals surface area contributed by atoms with Crippen molar-refractivity contribution in [2.24, 2.45) is 5.41 Å². The van der Waals surface area contributed by atoms with Gasteiger partial charge in [-0.1, -0.05) is 26.0 Å². The zero-order valence-electron chi connectivity index (χ0n) is 13.0. The normalized spacial score (nSPS) is 11.6. The molecule has 1 heterocycles. The molecule has 21 heavy (non-hydrogen) atoms. The summed E-state index contributed by atoms with van der Waals surface area (Å²) in [5, 5.41) is 20.2. The minimum absolute atomic E-state index is 0.0813. The average Bonchev–Trinajstić information content (AvgIpc) is 2.96. The van der Waals surface area contributed by atoms with Gasteiger partial charge in [0.15, 0.2) is 5.82 Å². The smallest absolute Gasteiger partial charge is 0.183 e. The summed E-state index contributed by atoms with van der Waals surface area (Å²) in [5.74, 6) is 1.49. The third-order valence-corrected chi connectivity index (χ3v) is 4.25. The summed E-state index contributed by atoms with van der Waals surface area (Å²) < 4.78 is 0. The largest absolute Gasteiger partial charge is 0.396 e. The molecule has 0 unspecified atom stereocenters. The Hall–Kier alpha value is -1.88. The number of benzene rings is 1. The van der Waals surface area contributed by atoms with E-state index in [1.165, 1.54) is 0 Å². The van der Waals surface area contributed by atoms with Crippen molar-refractivity contribution in [2.45, 2.75) is 33.6 Å². The van der Waals surface area contributed by atoms with Crippen molar-refractivity contribution in [3.8, 4) is 11.4 Å². The van der Waals surface area contributed by atoms with Gasteiger partial charge in [-0.05, 0) is 31.9 Å². The van der Waals surface area contributed by atoms with Crippen LogP contribution in [0.5, 0.6) is 0 Å². The molecule has 0 bridgehead atoms. The lowest BCUT2D eigenvalue weighted by Crippen LogP contribution is -2.32. The van der Waals surface area contributed by atoms with Gasteiger partial charge in [-0.2, -0.15) is 5.10 Å². The highest BCUT2D eigenvalue weighted by molar-refractivity contribution is 5.73. The molecule has 0 radical (unpaired) electrons. The van der Waals surface area contributed by atoms with Gasteiger partial charge >= 0.3 is 0 Å². The molecule has 3 N–H and O–H groups in total. The minimum Gasteiger partial charge on any atom is -0.396 e. The number of aromatic amines is 1. The lowest BCUT2D eigenvalue weighted by Gasteiger charge is -2.30. The second kappa shape index (κ2) is 6.72. The summed E-state index contributed by atoms with van der Waals surface area (Å²) in [6, 6.07) is 7.99. The third-order valence-electron chi connectivity index (χ3n) is 4.25. The Morgan fingerprint density at radius 2 is 1.95 bits per heavy atom. The van der Waals surface area contributed by atoms with Crippen LogP contribution in [0.25, 0.3) is 11.4 Å². The number of hydrogen-bond donors (Lipinski definition) is 3. The molecule has 0 amide bonds. The average molecular weight is 288 g/mol. The topological polar surface area (TPSA) is 73.8 Å². The second-order valence-corrected chi connectivity index (χ2v) is 5.51. The second-order valence-electron chi connectivity index (χ2n) is 5.51. The van der Waals surface area contributed by atoms with E-state index in [1.54, 1.807) is 0 Å². The number of aryl methyl sites for hydroxylation is 1. The molecule has 5 nitrogen and oxygen atoms in total. The van der Waals surface area contributed by atoms with E-state index in [-0.39, 0.29) is 12.0 Å². The Kier molecular flexibility index (Phi) is 4.96. The van der Waals surface area contributed by atoms with E-state index in [0.29, 0.717) is 5.82 Å². The van der Waals surface area contributed by atoms with Gasteiger partial charge in [-0.3, -0.25) is 5.10 Å². The van der Waals surface area contributed by atoms with Crippen LogP contribution in [-0.4, -0.2) is 33.4 Å². The van der Waals surface area contributed by atoms with E-state index in [9.17, 15) is 5.11 Å². The van der Waals surface area contributed by atoms with Crippen LogP contribution >= 0.6 is 0 Å². The van der Waals surface area contributed by atoms with E-state index < -0.39 is 0 Å². The number of aliphatic hydroxyl groups is 1. The maximum atomic E-state index is 9.67. The number of aliphatic hydroxyl groups excluding tert-OH is 1. The van der Waals surface area contributed by atoms with E-state index in [2.05, 4.69) is 34.3 Å². The molecule has 0 aliphatic rings. The molecular weight excluding hydrogens is 264 g/mol. The van der Waals surface area contributed by atoms with Gasteiger partial charge in [-0.15, -0.1) is 0 Å². The number of aromatic nitrogens is 3. The van der Waals surface area contributed by atoms with Gasteiger partial charge in [0.1, 0.15) is 5.82 Å². The fourth-order valence-corrected chi connectivity index (χ4v) is 2.36. The predicted octanol–water partition coefficient (Wildman–Crippen LogP) is 2.99. The quantitative estimate of drug-likeness (QED) is 0.732. The van der Waals surface area contributed by atoms with Crippen molar-refractivity contribution in [3.05, 3.63) is 30.1 Å². The van der Waals surface area contributed by atoms with E-state index in [4.69, 9.17) is 0 Å². The summed E-state index contributed by atoms with van der Waals surface area (Å²) in [6.07, 6.45) is 1.88. The van der Waals surface area contributed by atoms with Crippen LogP contribution in [0, 0.1) is 12.3 Å². The first-order valence-electron chi connectivity index (χ1n) is 7.47. The molecule has 0 aliphatic heterocycles. The first kappa shape index (κ1) is 15.5. The standard InChI is InChI=1S/C16H24N4O/c1-4-16(5-2,11-21)10-17-14-9-7-6-8-13(14)15-18-12(3)19-20-15/h6-9,17,21H,4-5,10-11H2,1-3H3,(H,18,19,20). The number of rotatable bonds is 7. The summed E-state index contributed by atoms with van der Waals surface area (Å²) in [4.78, 5) is 4.39. The lowest BCUT2D eigenvalue weighted by atomic mass is 9.83. The summed E-state index contributed by atoms with van der Waals surface area (Å²) in [7, 11) is 0. The molecule has 5 heteroatoms. The molecule has 0 saturated heterocycles. The molecule has 2 aromatic rings. The molecule has 114 valence electrons. The summed E-state index contributed by atoms with van der Waals surface area (Å²) >= 11 is 0. The number of hydrogen-bond acceptors (Lipinski definition) is 4. The Labute approximate surface area is 125 Å². The van der Waals surface area contributed by atoms with Crippen LogP contribution in [0.2, 0.25) is 0 Å². The molecule has 0 aliphatic carbocycles. The number of nitrogens with zero attached hydrogens (tertiary/aromatic N) is 2. The Morgan fingerprint density at radius 3 is 2.52 bits per heavy atom. The van der Waals surface area contributed by atoms with Gasteiger partial charge < -0.3 is 10.4 Å². The van der Waals surface area contributed by atoms with Crippen molar-refractivity contribution in [1.29, 1.82) is 0 Å². The summed E-state index contributed by atoms with van der Waals surface area (Å²) in [6.45, 7) is 7.04. The monoisotopic (exact) mass is 288 g/mol. The molecule has 2 rings (SSSR count). The van der Waals surface area contributed by atoms with Crippen molar-refractivity contribution < 1.29 is 5.11 Å². The molecular formula is C16H24N4O. The van der Waals surface area contributed by atoms with Crippen LogP contribution in [-0.2, 0) is 0 Å². The molecule has 1 aromatic heterocycles. The number of para-hydroxylation sites is 1. The third kappa shape index (κ3) is 3.42. The van der Waals surface area contributed by atoms with E-state index in [1.807, 2.05) is 31.2 Å². The van der Waals surface area contributed by atoms with E-state index in [0.717, 1.165) is 36.5 Å².